The molecule has 0 aromatic heterocycles. The molecule has 24 heavy (non-hydrogen) atoms. The summed E-state index contributed by atoms with van der Waals surface area (Å²) >= 11 is 0. The maximum Gasteiger partial charge on any atom is 0.334 e. The van der Waals surface area contributed by atoms with Crippen LogP contribution in [0, 0.1) is 5.92 Å². The molecular formula is C20H26O4. The van der Waals surface area contributed by atoms with Crippen LogP contribution in [0.2, 0.25) is 0 Å². The number of Topliss-reactive ketones (excluding diaryl/α,β-unsaturated/α-hetero) is 1. The molecule has 1 aliphatic carbocycles. The maximum atomic E-state index is 12.7. The van der Waals surface area contributed by atoms with Gasteiger partial charge in [-0.2, -0.15) is 0 Å². The molecule has 4 atom stereocenters. The molecule has 0 radical (unpaired) electrons. The van der Waals surface area contributed by atoms with E-state index in [0.29, 0.717) is 5.57 Å². The summed E-state index contributed by atoms with van der Waals surface area (Å²) in [5.74, 6) is -0.617. The summed E-state index contributed by atoms with van der Waals surface area (Å²) in [6, 6.07) is 0. The first-order valence-electron chi connectivity index (χ1n) is 8.75. The first kappa shape index (κ1) is 17.2. The number of allylic oxidation sites excluding steroid dienone is 3. The predicted molar refractivity (Wildman–Crippen MR) is 91.4 cm³/mol. The molecule has 2 aliphatic heterocycles. The van der Waals surface area contributed by atoms with Crippen LogP contribution in [0.5, 0.6) is 0 Å². The average molecular weight is 330 g/mol. The van der Waals surface area contributed by atoms with Crippen LogP contribution in [0.4, 0.5) is 0 Å². The number of rotatable bonds is 0. The Hall–Kier alpha value is -1.68. The second kappa shape index (κ2) is 6.32. The minimum atomic E-state index is -0.709. The largest absolute Gasteiger partial charge is 0.454 e. The van der Waals surface area contributed by atoms with E-state index in [1.807, 2.05) is 19.9 Å². The molecule has 0 amide bonds. The Morgan fingerprint density at radius 2 is 1.96 bits per heavy atom. The molecule has 2 heterocycles. The van der Waals surface area contributed by atoms with Gasteiger partial charge in [-0.3, -0.25) is 4.79 Å². The van der Waals surface area contributed by atoms with E-state index in [1.165, 1.54) is 11.1 Å². The summed E-state index contributed by atoms with van der Waals surface area (Å²) < 4.78 is 11.2. The molecule has 4 unspecified atom stereocenters. The van der Waals surface area contributed by atoms with Gasteiger partial charge in [-0.15, -0.1) is 0 Å². The van der Waals surface area contributed by atoms with Crippen molar-refractivity contribution in [3.8, 4) is 0 Å². The normalized spacial score (nSPS) is 42.0. The minimum Gasteiger partial charge on any atom is -0.454 e. The summed E-state index contributed by atoms with van der Waals surface area (Å²) in [7, 11) is 0. The topological polar surface area (TPSA) is 55.9 Å². The lowest BCUT2D eigenvalue weighted by molar-refractivity contribution is -0.137. The van der Waals surface area contributed by atoms with Crippen molar-refractivity contribution in [2.45, 2.75) is 70.7 Å². The van der Waals surface area contributed by atoms with Gasteiger partial charge in [-0.05, 0) is 52.5 Å². The van der Waals surface area contributed by atoms with E-state index in [-0.39, 0.29) is 36.3 Å². The molecule has 0 spiro atoms. The van der Waals surface area contributed by atoms with Gasteiger partial charge in [0.05, 0.1) is 6.10 Å². The van der Waals surface area contributed by atoms with Crippen molar-refractivity contribution < 1.29 is 19.1 Å². The van der Waals surface area contributed by atoms with Crippen molar-refractivity contribution in [1.29, 1.82) is 0 Å². The van der Waals surface area contributed by atoms with E-state index >= 15 is 0 Å². The number of esters is 1. The van der Waals surface area contributed by atoms with Gasteiger partial charge in [0.15, 0.2) is 5.78 Å². The first-order chi connectivity index (χ1) is 11.3. The molecule has 0 aromatic rings. The van der Waals surface area contributed by atoms with Crippen LogP contribution >= 0.6 is 0 Å². The van der Waals surface area contributed by atoms with Crippen molar-refractivity contribution in [3.05, 3.63) is 35.5 Å². The van der Waals surface area contributed by atoms with Gasteiger partial charge in [0.1, 0.15) is 11.7 Å². The number of hydrogen-bond acceptors (Lipinski definition) is 4. The van der Waals surface area contributed by atoms with E-state index < -0.39 is 5.60 Å². The molecule has 2 saturated heterocycles. The molecule has 0 N–H and O–H groups in total. The van der Waals surface area contributed by atoms with Gasteiger partial charge in [0, 0.05) is 17.9 Å². The fourth-order valence-corrected chi connectivity index (χ4v) is 3.63. The third-order valence-corrected chi connectivity index (χ3v) is 5.53. The summed E-state index contributed by atoms with van der Waals surface area (Å²) in [5, 5.41) is 0. The fraction of sp³-hybridized carbons (Fsp3) is 0.600. The molecule has 0 aromatic carbocycles. The molecule has 130 valence electrons. The molecule has 2 fully saturated rings. The molecule has 4 heteroatoms. The smallest absolute Gasteiger partial charge is 0.334 e. The van der Waals surface area contributed by atoms with Gasteiger partial charge >= 0.3 is 5.97 Å². The number of carbonyl (C=O) groups excluding carboxylic acids is 2. The van der Waals surface area contributed by atoms with Gasteiger partial charge < -0.3 is 9.47 Å². The van der Waals surface area contributed by atoms with Crippen LogP contribution in [-0.2, 0) is 19.1 Å². The number of carbonyl (C=O) groups is 2. The third kappa shape index (κ3) is 3.25. The predicted octanol–water partition coefficient (Wildman–Crippen LogP) is 3.67. The zero-order chi connectivity index (χ0) is 17.5. The van der Waals surface area contributed by atoms with Crippen molar-refractivity contribution in [2.75, 3.05) is 0 Å². The summed E-state index contributed by atoms with van der Waals surface area (Å²) in [6.45, 7) is 9.88. The van der Waals surface area contributed by atoms with Gasteiger partial charge in [-0.1, -0.05) is 23.8 Å². The third-order valence-electron chi connectivity index (χ3n) is 5.53. The lowest BCUT2D eigenvalue weighted by Crippen LogP contribution is -2.29. The Balaban J connectivity index is 1.86. The first-order valence-corrected chi connectivity index (χ1v) is 8.75. The second-order valence-corrected chi connectivity index (χ2v) is 7.48. The highest BCUT2D eigenvalue weighted by atomic mass is 16.6. The van der Waals surface area contributed by atoms with E-state index in [4.69, 9.17) is 9.47 Å². The Morgan fingerprint density at radius 1 is 1.21 bits per heavy atom. The molecule has 0 bridgehead atoms. The van der Waals surface area contributed by atoms with Gasteiger partial charge in [0.2, 0.25) is 0 Å². The van der Waals surface area contributed by atoms with E-state index in [2.05, 4.69) is 19.6 Å². The minimum absolute atomic E-state index is 0.0155. The standard InChI is InChI=1S/C20H26O4/c1-12-6-5-7-13(2)10-16-15(14(3)19(22)23-16)11-17(21)20(4)18(24-20)9-8-12/h6,10,15-16,18H,3,5,7-9,11H2,1-2,4H3/b12-6-,13-10-. The maximum absolute atomic E-state index is 12.7. The highest BCUT2D eigenvalue weighted by Crippen LogP contribution is 2.44. The fourth-order valence-electron chi connectivity index (χ4n) is 3.63. The van der Waals surface area contributed by atoms with Gasteiger partial charge in [0.25, 0.3) is 0 Å². The quantitative estimate of drug-likeness (QED) is 0.294. The zero-order valence-electron chi connectivity index (χ0n) is 14.8. The van der Waals surface area contributed by atoms with Gasteiger partial charge in [-0.25, -0.2) is 4.79 Å². The molecule has 4 nitrogen and oxygen atoms in total. The number of ether oxygens (including phenoxy) is 2. The number of epoxide rings is 1. The Morgan fingerprint density at radius 3 is 2.71 bits per heavy atom. The lowest BCUT2D eigenvalue weighted by Gasteiger charge is -2.17. The number of ketones is 1. The van der Waals surface area contributed by atoms with Crippen LogP contribution in [0.25, 0.3) is 0 Å². The average Bonchev–Trinajstić information content (AvgIpc) is 3.13. The van der Waals surface area contributed by atoms with Crippen molar-refractivity contribution in [1.82, 2.24) is 0 Å². The molecule has 3 aliphatic rings. The zero-order valence-corrected chi connectivity index (χ0v) is 14.8. The Labute approximate surface area is 143 Å². The SMILES string of the molecule is C=C1C(=O)OC2/C=C(/C)CC/C=C(/C)CCC3OC3(C)C(=O)CC12. The summed E-state index contributed by atoms with van der Waals surface area (Å²) in [4.78, 5) is 24.6. The van der Waals surface area contributed by atoms with Crippen LogP contribution in [0.3, 0.4) is 0 Å². The lowest BCUT2D eigenvalue weighted by atomic mass is 9.85. The number of fused-ring (bicyclic) bond motifs is 2. The summed E-state index contributed by atoms with van der Waals surface area (Å²) in [6.07, 6.45) is 7.80. The Bertz CT molecular complexity index is 642. The molecular weight excluding hydrogens is 304 g/mol. The van der Waals surface area contributed by atoms with Crippen molar-refractivity contribution >= 4 is 11.8 Å². The molecule has 0 saturated carbocycles. The van der Waals surface area contributed by atoms with E-state index in [0.717, 1.165) is 25.7 Å². The van der Waals surface area contributed by atoms with Crippen LogP contribution in [0.15, 0.2) is 35.5 Å². The van der Waals surface area contributed by atoms with Crippen LogP contribution < -0.4 is 0 Å². The number of hydrogen-bond donors (Lipinski definition) is 0. The van der Waals surface area contributed by atoms with Crippen molar-refractivity contribution in [3.63, 3.8) is 0 Å². The summed E-state index contributed by atoms with van der Waals surface area (Å²) in [5.41, 5.74) is 2.21. The van der Waals surface area contributed by atoms with E-state index in [9.17, 15) is 9.59 Å². The van der Waals surface area contributed by atoms with Crippen LogP contribution in [0.1, 0.15) is 52.9 Å². The second-order valence-electron chi connectivity index (χ2n) is 7.48. The molecule has 3 rings (SSSR count). The Kier molecular flexibility index (Phi) is 4.52. The van der Waals surface area contributed by atoms with Crippen molar-refractivity contribution in [2.24, 2.45) is 5.92 Å². The van der Waals surface area contributed by atoms with E-state index in [1.54, 1.807) is 0 Å². The highest BCUT2D eigenvalue weighted by molar-refractivity contribution is 5.95. The van der Waals surface area contributed by atoms with Crippen LogP contribution in [-0.4, -0.2) is 29.6 Å². The monoisotopic (exact) mass is 330 g/mol. The highest BCUT2D eigenvalue weighted by Gasteiger charge is 2.58.